The summed E-state index contributed by atoms with van der Waals surface area (Å²) >= 11 is 0. The van der Waals surface area contributed by atoms with Gasteiger partial charge in [-0.1, -0.05) is 42.0 Å². The summed E-state index contributed by atoms with van der Waals surface area (Å²) in [6.07, 6.45) is 0.792. The molecule has 0 unspecified atom stereocenters. The van der Waals surface area contributed by atoms with Crippen LogP contribution in [0.4, 0.5) is 0 Å². The Kier molecular flexibility index (Phi) is 5.55. The fourth-order valence-corrected chi connectivity index (χ4v) is 3.70. The smallest absolute Gasteiger partial charge is 0.352 e. The maximum atomic E-state index is 13.2. The van der Waals surface area contributed by atoms with E-state index in [2.05, 4.69) is 5.10 Å². The molecule has 156 valence electrons. The quantitative estimate of drug-likeness (QED) is 0.443. The van der Waals surface area contributed by atoms with Crippen LogP contribution in [0.2, 0.25) is 0 Å². The lowest BCUT2D eigenvalue weighted by molar-refractivity contribution is 0.0748. The van der Waals surface area contributed by atoms with Gasteiger partial charge in [0.1, 0.15) is 0 Å². The first-order valence-corrected chi connectivity index (χ1v) is 10.2. The molecular formula is C23H26N4O3. The Labute approximate surface area is 174 Å². The third-order valence-corrected chi connectivity index (χ3v) is 5.08. The van der Waals surface area contributed by atoms with Gasteiger partial charge in [-0.25, -0.2) is 13.9 Å². The second kappa shape index (κ2) is 8.28. The van der Waals surface area contributed by atoms with E-state index in [1.54, 1.807) is 16.7 Å². The first kappa shape index (κ1) is 20.1. The number of ether oxygens (including phenoxy) is 1. The molecule has 0 spiro atoms. The van der Waals surface area contributed by atoms with Crippen LogP contribution in [0, 0.1) is 6.92 Å². The number of fused-ring (bicyclic) bond motifs is 3. The molecule has 0 aliphatic rings. The van der Waals surface area contributed by atoms with E-state index in [1.807, 2.05) is 57.2 Å². The van der Waals surface area contributed by atoms with Crippen molar-refractivity contribution >= 4 is 16.7 Å². The molecule has 30 heavy (non-hydrogen) atoms. The fraction of sp³-hybridized carbons (Fsp3) is 0.348. The molecule has 7 heteroatoms. The van der Waals surface area contributed by atoms with Gasteiger partial charge in [0.25, 0.3) is 5.56 Å². The fourth-order valence-electron chi connectivity index (χ4n) is 3.70. The van der Waals surface area contributed by atoms with Crippen LogP contribution < -0.4 is 11.2 Å². The minimum atomic E-state index is -0.255. The van der Waals surface area contributed by atoms with E-state index in [9.17, 15) is 9.59 Å². The monoisotopic (exact) mass is 406 g/mol. The van der Waals surface area contributed by atoms with E-state index >= 15 is 0 Å². The first-order chi connectivity index (χ1) is 14.5. The summed E-state index contributed by atoms with van der Waals surface area (Å²) in [5.41, 5.74) is 2.29. The number of aromatic nitrogens is 4. The lowest BCUT2D eigenvalue weighted by Crippen LogP contribution is -2.27. The molecule has 0 aliphatic carbocycles. The third-order valence-electron chi connectivity index (χ3n) is 5.08. The Hall–Kier alpha value is -3.19. The Morgan fingerprint density at radius 3 is 2.63 bits per heavy atom. The van der Waals surface area contributed by atoms with Crippen LogP contribution in [-0.4, -0.2) is 31.5 Å². The van der Waals surface area contributed by atoms with E-state index < -0.39 is 0 Å². The Balaban J connectivity index is 1.84. The summed E-state index contributed by atoms with van der Waals surface area (Å²) in [6.45, 7) is 7.29. The van der Waals surface area contributed by atoms with Gasteiger partial charge in [-0.05, 0) is 44.9 Å². The Morgan fingerprint density at radius 1 is 1.07 bits per heavy atom. The van der Waals surface area contributed by atoms with Crippen molar-refractivity contribution in [3.63, 3.8) is 0 Å². The maximum absolute atomic E-state index is 13.2. The van der Waals surface area contributed by atoms with Gasteiger partial charge in [0.2, 0.25) is 5.78 Å². The zero-order chi connectivity index (χ0) is 21.3. The summed E-state index contributed by atoms with van der Waals surface area (Å²) in [5, 5.41) is 5.06. The second-order valence-corrected chi connectivity index (χ2v) is 7.81. The van der Waals surface area contributed by atoms with Crippen molar-refractivity contribution in [2.24, 2.45) is 0 Å². The highest BCUT2D eigenvalue weighted by molar-refractivity contribution is 5.79. The molecular weight excluding hydrogens is 380 g/mol. The van der Waals surface area contributed by atoms with E-state index in [-0.39, 0.29) is 17.4 Å². The van der Waals surface area contributed by atoms with Gasteiger partial charge < -0.3 is 4.74 Å². The molecule has 2 aromatic heterocycles. The Morgan fingerprint density at radius 2 is 1.87 bits per heavy atom. The SMILES string of the molecule is Cc1cccc(Cn2nc3n(CCCOC(C)C)c(=O)c4ccccc4n3c2=O)c1. The van der Waals surface area contributed by atoms with Crippen LogP contribution in [0.15, 0.2) is 58.1 Å². The minimum absolute atomic E-state index is 0.134. The van der Waals surface area contributed by atoms with Crippen LogP contribution in [-0.2, 0) is 17.8 Å². The summed E-state index contributed by atoms with van der Waals surface area (Å²) < 4.78 is 10.2. The van der Waals surface area contributed by atoms with Crippen molar-refractivity contribution in [2.75, 3.05) is 6.61 Å². The highest BCUT2D eigenvalue weighted by atomic mass is 16.5. The third kappa shape index (κ3) is 3.80. The lowest BCUT2D eigenvalue weighted by atomic mass is 10.1. The van der Waals surface area contributed by atoms with Crippen LogP contribution in [0.5, 0.6) is 0 Å². The molecule has 7 nitrogen and oxygen atoms in total. The molecule has 0 N–H and O–H groups in total. The van der Waals surface area contributed by atoms with Crippen LogP contribution in [0.3, 0.4) is 0 Å². The molecule has 0 radical (unpaired) electrons. The number of rotatable bonds is 7. The molecule has 0 saturated carbocycles. The van der Waals surface area contributed by atoms with Gasteiger partial charge in [0.05, 0.1) is 23.6 Å². The average Bonchev–Trinajstić information content (AvgIpc) is 3.03. The molecule has 4 rings (SSSR count). The predicted octanol–water partition coefficient (Wildman–Crippen LogP) is 2.98. The van der Waals surface area contributed by atoms with Crippen LogP contribution in [0.25, 0.3) is 16.7 Å². The van der Waals surface area contributed by atoms with Crippen molar-refractivity contribution in [3.05, 3.63) is 80.5 Å². The van der Waals surface area contributed by atoms with Gasteiger partial charge in [0.15, 0.2) is 0 Å². The topological polar surface area (TPSA) is 70.5 Å². The van der Waals surface area contributed by atoms with E-state index in [4.69, 9.17) is 4.74 Å². The zero-order valence-electron chi connectivity index (χ0n) is 17.5. The summed E-state index contributed by atoms with van der Waals surface area (Å²) in [6, 6.07) is 15.2. The van der Waals surface area contributed by atoms with E-state index in [1.165, 1.54) is 9.08 Å². The number of hydrogen-bond donors (Lipinski definition) is 0. The largest absolute Gasteiger partial charge is 0.379 e. The summed E-state index contributed by atoms with van der Waals surface area (Å²) in [7, 11) is 0. The number of para-hydroxylation sites is 1. The van der Waals surface area contributed by atoms with Crippen molar-refractivity contribution in [1.82, 2.24) is 18.7 Å². The number of aryl methyl sites for hydroxylation is 2. The Bertz CT molecular complexity index is 1310. The maximum Gasteiger partial charge on any atom is 0.352 e. The van der Waals surface area contributed by atoms with Crippen molar-refractivity contribution < 1.29 is 4.74 Å². The van der Waals surface area contributed by atoms with Gasteiger partial charge >= 0.3 is 5.69 Å². The lowest BCUT2D eigenvalue weighted by Gasteiger charge is -2.11. The van der Waals surface area contributed by atoms with Gasteiger partial charge in [-0.2, -0.15) is 0 Å². The highest BCUT2D eigenvalue weighted by Gasteiger charge is 2.17. The number of nitrogens with zero attached hydrogens (tertiary/aromatic N) is 4. The second-order valence-electron chi connectivity index (χ2n) is 7.81. The molecule has 0 bridgehead atoms. The van der Waals surface area contributed by atoms with Gasteiger partial charge in [0, 0.05) is 13.2 Å². The molecule has 0 amide bonds. The molecule has 0 saturated heterocycles. The van der Waals surface area contributed by atoms with Crippen molar-refractivity contribution in [3.8, 4) is 0 Å². The number of hydrogen-bond acceptors (Lipinski definition) is 4. The van der Waals surface area contributed by atoms with E-state index in [0.29, 0.717) is 42.8 Å². The standard InChI is InChI=1S/C23H26N4O3/c1-16(2)30-13-7-12-25-21(28)19-10-4-5-11-20(19)27-22(25)24-26(23(27)29)15-18-9-6-8-17(3)14-18/h4-6,8-11,14,16H,7,12-13,15H2,1-3H3. The molecule has 2 heterocycles. The molecule has 2 aromatic carbocycles. The number of benzene rings is 2. The predicted molar refractivity (Wildman–Crippen MR) is 117 cm³/mol. The van der Waals surface area contributed by atoms with Gasteiger partial charge in [-0.3, -0.25) is 9.36 Å². The average molecular weight is 406 g/mol. The minimum Gasteiger partial charge on any atom is -0.379 e. The molecule has 0 fully saturated rings. The van der Waals surface area contributed by atoms with E-state index in [0.717, 1.165) is 11.1 Å². The zero-order valence-corrected chi connectivity index (χ0v) is 17.5. The van der Waals surface area contributed by atoms with Crippen molar-refractivity contribution in [2.45, 2.75) is 46.4 Å². The highest BCUT2D eigenvalue weighted by Crippen LogP contribution is 2.12. The van der Waals surface area contributed by atoms with Crippen LogP contribution in [0.1, 0.15) is 31.4 Å². The molecule has 4 aromatic rings. The normalized spacial score (nSPS) is 11.7. The molecule has 0 aliphatic heterocycles. The van der Waals surface area contributed by atoms with Gasteiger partial charge in [-0.15, -0.1) is 5.10 Å². The molecule has 0 atom stereocenters. The summed E-state index contributed by atoms with van der Waals surface area (Å²) in [5.74, 6) is 0.362. The summed E-state index contributed by atoms with van der Waals surface area (Å²) in [4.78, 5) is 26.4. The van der Waals surface area contributed by atoms with Crippen molar-refractivity contribution in [1.29, 1.82) is 0 Å². The van der Waals surface area contributed by atoms with Crippen LogP contribution >= 0.6 is 0 Å². The first-order valence-electron chi connectivity index (χ1n) is 10.2.